The molecule has 2 rings (SSSR count). The van der Waals surface area contributed by atoms with Crippen molar-refractivity contribution in [3.63, 3.8) is 0 Å². The van der Waals surface area contributed by atoms with Crippen molar-refractivity contribution in [2.24, 2.45) is 0 Å². The maximum absolute atomic E-state index is 11.0. The van der Waals surface area contributed by atoms with Gasteiger partial charge in [-0.3, -0.25) is 4.79 Å². The molecule has 4 heteroatoms. The molecule has 1 aromatic rings. The van der Waals surface area contributed by atoms with Gasteiger partial charge in [-0.25, -0.2) is 0 Å². The van der Waals surface area contributed by atoms with Crippen molar-refractivity contribution in [1.29, 1.82) is 0 Å². The summed E-state index contributed by atoms with van der Waals surface area (Å²) in [6, 6.07) is 4.83. The lowest BCUT2D eigenvalue weighted by Gasteiger charge is -2.23. The van der Waals surface area contributed by atoms with Crippen molar-refractivity contribution in [3.05, 3.63) is 21.9 Å². The van der Waals surface area contributed by atoms with Gasteiger partial charge in [0.15, 0.2) is 0 Å². The van der Waals surface area contributed by atoms with Gasteiger partial charge in [-0.15, -0.1) is 11.3 Å². The van der Waals surface area contributed by atoms with E-state index < -0.39 is 0 Å². The van der Waals surface area contributed by atoms with Crippen LogP contribution >= 0.6 is 11.3 Å². The molecule has 3 nitrogen and oxygen atoms in total. The molecule has 1 saturated heterocycles. The smallest absolute Gasteiger partial charge is 0.220 e. The van der Waals surface area contributed by atoms with E-state index in [9.17, 15) is 4.79 Å². The lowest BCUT2D eigenvalue weighted by Crippen LogP contribution is -2.45. The first kappa shape index (κ1) is 11.6. The molecule has 0 saturated carbocycles. The monoisotopic (exact) mass is 238 g/mol. The van der Waals surface area contributed by atoms with E-state index in [2.05, 4.69) is 29.7 Å². The largest absolute Gasteiger partial charge is 0.355 e. The summed E-state index contributed by atoms with van der Waals surface area (Å²) in [5.74, 6) is 0.183. The molecule has 16 heavy (non-hydrogen) atoms. The lowest BCUT2D eigenvalue weighted by atomic mass is 10.1. The standard InChI is InChI=1S/C12H18N2OS/c1-2-10-4-5-11(16-10)8-13-9-3-6-12(15)14-7-9/h4-5,9,13H,2-3,6-8H2,1H3,(H,14,15). The summed E-state index contributed by atoms with van der Waals surface area (Å²) in [7, 11) is 0. The Kier molecular flexibility index (Phi) is 3.96. The number of carbonyl (C=O) groups excluding carboxylic acids is 1. The normalized spacial score (nSPS) is 20.8. The summed E-state index contributed by atoms with van der Waals surface area (Å²) in [6.45, 7) is 3.87. The van der Waals surface area contributed by atoms with Crippen LogP contribution in [0.4, 0.5) is 0 Å². The highest BCUT2D eigenvalue weighted by molar-refractivity contribution is 7.11. The minimum atomic E-state index is 0.183. The van der Waals surface area contributed by atoms with E-state index in [0.717, 1.165) is 25.9 Å². The number of piperidine rings is 1. The van der Waals surface area contributed by atoms with E-state index in [4.69, 9.17) is 0 Å². The van der Waals surface area contributed by atoms with Crippen LogP contribution in [0.3, 0.4) is 0 Å². The molecule has 0 radical (unpaired) electrons. The number of aryl methyl sites for hydroxylation is 1. The molecule has 1 amide bonds. The SMILES string of the molecule is CCc1ccc(CNC2CCC(=O)NC2)s1. The van der Waals surface area contributed by atoms with E-state index in [-0.39, 0.29) is 5.91 Å². The number of amides is 1. The summed E-state index contributed by atoms with van der Waals surface area (Å²) < 4.78 is 0. The number of thiophene rings is 1. The molecule has 1 fully saturated rings. The highest BCUT2D eigenvalue weighted by Crippen LogP contribution is 2.17. The Bertz CT molecular complexity index is 352. The Morgan fingerprint density at radius 3 is 2.94 bits per heavy atom. The third-order valence-corrected chi connectivity index (χ3v) is 4.13. The topological polar surface area (TPSA) is 41.1 Å². The van der Waals surface area contributed by atoms with Crippen molar-refractivity contribution >= 4 is 17.2 Å². The summed E-state index contributed by atoms with van der Waals surface area (Å²) in [5.41, 5.74) is 0. The molecular weight excluding hydrogens is 220 g/mol. The van der Waals surface area contributed by atoms with Crippen LogP contribution in [0.15, 0.2) is 12.1 Å². The Labute approximate surface area is 100 Å². The Balaban J connectivity index is 1.76. The molecule has 0 bridgehead atoms. The molecule has 2 heterocycles. The van der Waals surface area contributed by atoms with Gasteiger partial charge in [-0.1, -0.05) is 6.92 Å². The highest BCUT2D eigenvalue weighted by Gasteiger charge is 2.17. The molecule has 1 aliphatic rings. The van der Waals surface area contributed by atoms with Crippen LogP contribution in [0.2, 0.25) is 0 Å². The quantitative estimate of drug-likeness (QED) is 0.838. The summed E-state index contributed by atoms with van der Waals surface area (Å²) in [5, 5.41) is 6.38. The van der Waals surface area contributed by atoms with Gasteiger partial charge in [0.25, 0.3) is 0 Å². The minimum Gasteiger partial charge on any atom is -0.355 e. The van der Waals surface area contributed by atoms with Gasteiger partial charge in [0, 0.05) is 35.3 Å². The Hall–Kier alpha value is -0.870. The number of carbonyl (C=O) groups is 1. The van der Waals surface area contributed by atoms with E-state index in [0.29, 0.717) is 12.5 Å². The van der Waals surface area contributed by atoms with Crippen LogP contribution < -0.4 is 10.6 Å². The zero-order chi connectivity index (χ0) is 11.4. The van der Waals surface area contributed by atoms with Crippen molar-refractivity contribution in [3.8, 4) is 0 Å². The fourth-order valence-corrected chi connectivity index (χ4v) is 2.77. The fraction of sp³-hybridized carbons (Fsp3) is 0.583. The average molecular weight is 238 g/mol. The molecule has 88 valence electrons. The van der Waals surface area contributed by atoms with Gasteiger partial charge < -0.3 is 10.6 Å². The Morgan fingerprint density at radius 2 is 2.31 bits per heavy atom. The molecule has 1 aromatic heterocycles. The number of hydrogen-bond acceptors (Lipinski definition) is 3. The summed E-state index contributed by atoms with van der Waals surface area (Å²) in [6.07, 6.45) is 2.73. The third kappa shape index (κ3) is 3.06. The van der Waals surface area contributed by atoms with Crippen LogP contribution in [-0.4, -0.2) is 18.5 Å². The van der Waals surface area contributed by atoms with Crippen molar-refractivity contribution < 1.29 is 4.79 Å². The maximum Gasteiger partial charge on any atom is 0.220 e. The maximum atomic E-state index is 11.0. The van der Waals surface area contributed by atoms with Gasteiger partial charge in [-0.05, 0) is 25.0 Å². The second kappa shape index (κ2) is 5.46. The number of hydrogen-bond donors (Lipinski definition) is 2. The van der Waals surface area contributed by atoms with Gasteiger partial charge in [0.05, 0.1) is 0 Å². The van der Waals surface area contributed by atoms with Crippen LogP contribution in [-0.2, 0) is 17.8 Å². The van der Waals surface area contributed by atoms with Crippen LogP contribution in [0.25, 0.3) is 0 Å². The first-order valence-electron chi connectivity index (χ1n) is 5.85. The Morgan fingerprint density at radius 1 is 1.50 bits per heavy atom. The number of nitrogens with one attached hydrogen (secondary N) is 2. The lowest BCUT2D eigenvalue weighted by molar-refractivity contribution is -0.122. The average Bonchev–Trinajstić information content (AvgIpc) is 2.76. The highest BCUT2D eigenvalue weighted by atomic mass is 32.1. The second-order valence-electron chi connectivity index (χ2n) is 4.14. The van der Waals surface area contributed by atoms with E-state index in [1.807, 2.05) is 11.3 Å². The summed E-state index contributed by atoms with van der Waals surface area (Å²) >= 11 is 1.87. The first-order chi connectivity index (χ1) is 7.78. The molecule has 0 spiro atoms. The van der Waals surface area contributed by atoms with Crippen molar-refractivity contribution in [2.75, 3.05) is 6.54 Å². The van der Waals surface area contributed by atoms with Gasteiger partial charge in [0.2, 0.25) is 5.91 Å². The van der Waals surface area contributed by atoms with E-state index in [1.165, 1.54) is 9.75 Å². The molecular formula is C12H18N2OS. The summed E-state index contributed by atoms with van der Waals surface area (Å²) in [4.78, 5) is 13.8. The van der Waals surface area contributed by atoms with Crippen LogP contribution in [0.5, 0.6) is 0 Å². The third-order valence-electron chi connectivity index (χ3n) is 2.90. The van der Waals surface area contributed by atoms with Crippen LogP contribution in [0, 0.1) is 0 Å². The van der Waals surface area contributed by atoms with Crippen molar-refractivity contribution in [1.82, 2.24) is 10.6 Å². The van der Waals surface area contributed by atoms with Gasteiger partial charge in [-0.2, -0.15) is 0 Å². The van der Waals surface area contributed by atoms with E-state index >= 15 is 0 Å². The second-order valence-corrected chi connectivity index (χ2v) is 5.40. The van der Waals surface area contributed by atoms with Crippen molar-refractivity contribution in [2.45, 2.75) is 38.8 Å². The molecule has 2 N–H and O–H groups in total. The molecule has 0 aromatic carbocycles. The first-order valence-corrected chi connectivity index (χ1v) is 6.67. The molecule has 1 unspecified atom stereocenters. The zero-order valence-electron chi connectivity index (χ0n) is 9.58. The fourth-order valence-electron chi connectivity index (χ4n) is 1.86. The number of rotatable bonds is 4. The predicted octanol–water partition coefficient (Wildman–Crippen LogP) is 1.68. The zero-order valence-corrected chi connectivity index (χ0v) is 10.4. The van der Waals surface area contributed by atoms with Gasteiger partial charge >= 0.3 is 0 Å². The van der Waals surface area contributed by atoms with Crippen LogP contribution in [0.1, 0.15) is 29.5 Å². The minimum absolute atomic E-state index is 0.183. The molecule has 1 atom stereocenters. The van der Waals surface area contributed by atoms with E-state index in [1.54, 1.807) is 0 Å². The predicted molar refractivity (Wildman–Crippen MR) is 66.6 cm³/mol. The van der Waals surface area contributed by atoms with Gasteiger partial charge in [0.1, 0.15) is 0 Å². The molecule has 1 aliphatic heterocycles. The molecule has 0 aliphatic carbocycles.